The monoisotopic (exact) mass is 752 g/mol. The third-order valence-electron chi connectivity index (χ3n) is 7.49. The van der Waals surface area contributed by atoms with Crippen LogP contribution in [-0.4, -0.2) is 217 Å². The van der Waals surface area contributed by atoms with Crippen LogP contribution in [0.2, 0.25) is 0 Å². The van der Waals surface area contributed by atoms with Gasteiger partial charge >= 0.3 is 36.6 Å². The van der Waals surface area contributed by atoms with Crippen molar-refractivity contribution in [1.29, 1.82) is 0 Å². The van der Waals surface area contributed by atoms with Crippen molar-refractivity contribution in [3.63, 3.8) is 0 Å². The van der Waals surface area contributed by atoms with Crippen molar-refractivity contribution in [3.05, 3.63) is 0 Å². The van der Waals surface area contributed by atoms with Gasteiger partial charge in [0.05, 0.1) is 42.7 Å². The number of rotatable bonds is 27. The number of nitrogens with zero attached hydrogens (tertiary/aromatic N) is 4. The molecule has 0 aliphatic rings. The number of methoxy groups -OCH3 is 6. The fourth-order valence-corrected chi connectivity index (χ4v) is 4.52. The van der Waals surface area contributed by atoms with Gasteiger partial charge in [0.2, 0.25) is 0 Å². The predicted molar refractivity (Wildman–Crippen MR) is 188 cm³/mol. The topological polar surface area (TPSA) is 243 Å². The third-order valence-corrected chi connectivity index (χ3v) is 7.49. The van der Waals surface area contributed by atoms with Gasteiger partial charge in [0.15, 0.2) is 0 Å². The Balaban J connectivity index is 5.90. The molecule has 0 spiro atoms. The highest BCUT2D eigenvalue weighted by molar-refractivity contribution is 5.68. The summed E-state index contributed by atoms with van der Waals surface area (Å²) in [4.78, 5) is 78.4. The van der Waals surface area contributed by atoms with Crippen LogP contribution < -0.4 is 31.9 Å². The number of alkyl carbamates (subject to hydrolysis) is 6. The molecule has 6 N–H and O–H groups in total. The van der Waals surface area contributed by atoms with Gasteiger partial charge in [-0.05, 0) is 0 Å². The lowest BCUT2D eigenvalue weighted by atomic mass is 10.3. The normalized spacial score (nSPS) is 10.7. The number of ether oxygens (including phenoxy) is 6. The summed E-state index contributed by atoms with van der Waals surface area (Å²) in [7, 11) is 7.70. The molecule has 0 fully saturated rings. The first-order valence-corrected chi connectivity index (χ1v) is 16.8. The molecule has 22 nitrogen and oxygen atoms in total. The van der Waals surface area contributed by atoms with E-state index in [-0.39, 0.29) is 0 Å². The summed E-state index contributed by atoms with van der Waals surface area (Å²) < 4.78 is 28.1. The molecular weight excluding hydrogens is 692 g/mol. The molecule has 52 heavy (non-hydrogen) atoms. The minimum Gasteiger partial charge on any atom is -0.453 e. The molecule has 0 saturated carbocycles. The molecule has 6 amide bonds. The maximum absolute atomic E-state index is 11.7. The quantitative estimate of drug-likeness (QED) is 0.0514. The van der Waals surface area contributed by atoms with Gasteiger partial charge in [-0.25, -0.2) is 28.8 Å². The van der Waals surface area contributed by atoms with Gasteiger partial charge in [0.25, 0.3) is 0 Å². The smallest absolute Gasteiger partial charge is 0.406 e. The molecule has 0 atom stereocenters. The zero-order valence-electron chi connectivity index (χ0n) is 31.4. The van der Waals surface area contributed by atoms with E-state index in [0.717, 1.165) is 0 Å². The Morgan fingerprint density at radius 1 is 0.288 bits per heavy atom. The molecule has 0 aromatic heterocycles. The second-order valence-electron chi connectivity index (χ2n) is 10.9. The number of nitrogens with one attached hydrogen (secondary N) is 6. The lowest BCUT2D eigenvalue weighted by molar-refractivity contribution is 0.145. The molecule has 0 saturated heterocycles. The summed E-state index contributed by atoms with van der Waals surface area (Å²) in [5, 5.41) is 16.0. The first-order valence-electron chi connectivity index (χ1n) is 16.8. The summed E-state index contributed by atoms with van der Waals surface area (Å²) >= 11 is 0. The largest absolute Gasteiger partial charge is 0.453 e. The Labute approximate surface area is 305 Å². The highest BCUT2D eigenvalue weighted by atomic mass is 16.6. The van der Waals surface area contributed by atoms with Crippen molar-refractivity contribution in [2.24, 2.45) is 0 Å². The molecule has 0 bridgehead atoms. The Kier molecular flexibility index (Phi) is 28.5. The summed E-state index contributed by atoms with van der Waals surface area (Å²) in [6.45, 7) is 8.15. The average Bonchev–Trinajstić information content (AvgIpc) is 3.15. The highest BCUT2D eigenvalue weighted by Gasteiger charge is 2.16. The number of hydrogen-bond donors (Lipinski definition) is 6. The standard InChI is InChI=1S/C30H60N10O12/c1-47-25(41)31-7-13-37(14-8-32-26(42)48-2)19-22-40(23-20-38(15-9-33-27(43)49-3)16-10-34-28(44)50-4)24-21-39(17-11-35-29(45)51-5)18-12-36-30(46)52-6/h7-24H2,1-6H3,(H,31,41)(H,32,42)(H,33,43)(H,34,44)(H,35,45)(H,36,46). The van der Waals surface area contributed by atoms with E-state index in [0.29, 0.717) is 118 Å². The number of carbonyl (C=O) groups is 6. The first kappa shape index (κ1) is 47.5. The van der Waals surface area contributed by atoms with Crippen LogP contribution >= 0.6 is 0 Å². The van der Waals surface area contributed by atoms with Crippen molar-refractivity contribution in [1.82, 2.24) is 51.5 Å². The van der Waals surface area contributed by atoms with Gasteiger partial charge in [0.1, 0.15) is 0 Å². The molecule has 0 unspecified atom stereocenters. The van der Waals surface area contributed by atoms with E-state index in [1.165, 1.54) is 42.7 Å². The fraction of sp³-hybridized carbons (Fsp3) is 0.800. The zero-order valence-corrected chi connectivity index (χ0v) is 31.4. The van der Waals surface area contributed by atoms with Crippen LogP contribution in [0.1, 0.15) is 0 Å². The molecule has 0 aromatic carbocycles. The lowest BCUT2D eigenvalue weighted by Crippen LogP contribution is -2.48. The maximum atomic E-state index is 11.7. The zero-order chi connectivity index (χ0) is 39.0. The van der Waals surface area contributed by atoms with E-state index in [2.05, 4.69) is 79.9 Å². The van der Waals surface area contributed by atoms with Gasteiger partial charge in [0, 0.05) is 118 Å². The Morgan fingerprint density at radius 3 is 0.558 bits per heavy atom. The molecule has 0 aliphatic heterocycles. The number of hydrogen-bond acceptors (Lipinski definition) is 16. The molecule has 0 aromatic rings. The molecule has 0 radical (unpaired) electrons. The molecule has 0 rings (SSSR count). The van der Waals surface area contributed by atoms with Crippen LogP contribution in [0.15, 0.2) is 0 Å². The number of amides is 6. The van der Waals surface area contributed by atoms with Gasteiger partial charge in [-0.15, -0.1) is 0 Å². The van der Waals surface area contributed by atoms with E-state index >= 15 is 0 Å². The van der Waals surface area contributed by atoms with Crippen LogP contribution in [0.4, 0.5) is 28.8 Å². The maximum Gasteiger partial charge on any atom is 0.406 e. The Hall–Kier alpha value is -4.54. The average molecular weight is 753 g/mol. The van der Waals surface area contributed by atoms with E-state index in [1.54, 1.807) is 0 Å². The predicted octanol–water partition coefficient (Wildman–Crippen LogP) is -1.67. The van der Waals surface area contributed by atoms with Crippen molar-refractivity contribution in [3.8, 4) is 0 Å². The minimum atomic E-state index is -0.554. The second-order valence-corrected chi connectivity index (χ2v) is 10.9. The van der Waals surface area contributed by atoms with E-state index in [4.69, 9.17) is 0 Å². The summed E-state index contributed by atoms with van der Waals surface area (Å²) in [6.07, 6.45) is -3.33. The van der Waals surface area contributed by atoms with Gasteiger partial charge in [-0.1, -0.05) is 0 Å². The number of carbonyl (C=O) groups excluding carboxylic acids is 6. The van der Waals surface area contributed by atoms with E-state index < -0.39 is 36.6 Å². The van der Waals surface area contributed by atoms with E-state index in [9.17, 15) is 28.8 Å². The SMILES string of the molecule is COC(=O)NCCN(CCNC(=O)OC)CCN(CCN(CCNC(=O)OC)CCNC(=O)OC)CCN(CCNC(=O)OC)CCNC(=O)OC. The molecule has 0 heterocycles. The van der Waals surface area contributed by atoms with Crippen LogP contribution in [0, 0.1) is 0 Å². The second kappa shape index (κ2) is 31.2. The molecule has 22 heteroatoms. The summed E-state index contributed by atoms with van der Waals surface area (Å²) in [5.74, 6) is 0. The Morgan fingerprint density at radius 2 is 0.423 bits per heavy atom. The van der Waals surface area contributed by atoms with Crippen LogP contribution in [0.25, 0.3) is 0 Å². The minimum absolute atomic E-state index is 0.313. The van der Waals surface area contributed by atoms with Crippen LogP contribution in [0.3, 0.4) is 0 Å². The Bertz CT molecular complexity index is 840. The van der Waals surface area contributed by atoms with Gasteiger partial charge in [-0.2, -0.15) is 0 Å². The third kappa shape index (κ3) is 26.3. The molecular formula is C30H60N10O12. The summed E-state index contributed by atoms with van der Waals surface area (Å²) in [5.41, 5.74) is 0. The summed E-state index contributed by atoms with van der Waals surface area (Å²) in [6, 6.07) is 0. The molecule has 302 valence electrons. The van der Waals surface area contributed by atoms with Gasteiger partial charge < -0.3 is 60.3 Å². The molecule has 0 aliphatic carbocycles. The van der Waals surface area contributed by atoms with E-state index in [1.807, 2.05) is 0 Å². The lowest BCUT2D eigenvalue weighted by Gasteiger charge is -2.32. The van der Waals surface area contributed by atoms with Crippen molar-refractivity contribution in [2.75, 3.05) is 160 Å². The van der Waals surface area contributed by atoms with Crippen LogP contribution in [0.5, 0.6) is 0 Å². The van der Waals surface area contributed by atoms with Crippen LogP contribution in [-0.2, 0) is 28.4 Å². The van der Waals surface area contributed by atoms with Gasteiger partial charge in [-0.3, -0.25) is 19.6 Å². The fourth-order valence-electron chi connectivity index (χ4n) is 4.52. The first-order chi connectivity index (χ1) is 25.0. The highest BCUT2D eigenvalue weighted by Crippen LogP contribution is 1.99. The van der Waals surface area contributed by atoms with Crippen molar-refractivity contribution >= 4 is 36.6 Å². The van der Waals surface area contributed by atoms with Crippen molar-refractivity contribution < 1.29 is 57.2 Å². The van der Waals surface area contributed by atoms with Crippen molar-refractivity contribution in [2.45, 2.75) is 0 Å².